The van der Waals surface area contributed by atoms with E-state index in [1.807, 2.05) is 13.3 Å². The summed E-state index contributed by atoms with van der Waals surface area (Å²) in [6.45, 7) is 9.25. The van der Waals surface area contributed by atoms with Gasteiger partial charge in [0.25, 0.3) is 0 Å². The highest BCUT2D eigenvalue weighted by molar-refractivity contribution is 5.57. The predicted molar refractivity (Wildman–Crippen MR) is 56.9 cm³/mol. The molecule has 0 saturated heterocycles. The SMILES string of the molecule is CCC[C@H](C)C(C)(C)CC=NC. The topological polar surface area (TPSA) is 12.4 Å². The van der Waals surface area contributed by atoms with Gasteiger partial charge in [-0.3, -0.25) is 0 Å². The van der Waals surface area contributed by atoms with Crippen LogP contribution >= 0.6 is 0 Å². The Kier molecular flexibility index (Phi) is 5.19. The molecule has 0 radical (unpaired) electrons. The van der Waals surface area contributed by atoms with E-state index >= 15 is 0 Å². The van der Waals surface area contributed by atoms with Crippen molar-refractivity contribution in [2.24, 2.45) is 16.3 Å². The van der Waals surface area contributed by atoms with E-state index in [1.54, 1.807) is 0 Å². The van der Waals surface area contributed by atoms with Gasteiger partial charge in [0, 0.05) is 7.05 Å². The third kappa shape index (κ3) is 3.89. The number of aliphatic imine (C=N–C) groups is 1. The average molecular weight is 169 g/mol. The van der Waals surface area contributed by atoms with Crippen LogP contribution < -0.4 is 0 Å². The van der Waals surface area contributed by atoms with Gasteiger partial charge in [0.2, 0.25) is 0 Å². The second-order valence-electron chi connectivity index (χ2n) is 4.32. The van der Waals surface area contributed by atoms with Gasteiger partial charge in [0.05, 0.1) is 0 Å². The van der Waals surface area contributed by atoms with Crippen LogP contribution in [-0.4, -0.2) is 13.3 Å². The Labute approximate surface area is 77.3 Å². The number of nitrogens with zero attached hydrogens (tertiary/aromatic N) is 1. The third-order valence-electron chi connectivity index (χ3n) is 2.86. The molecule has 0 fully saturated rings. The van der Waals surface area contributed by atoms with Crippen LogP contribution in [0.1, 0.15) is 47.0 Å². The summed E-state index contributed by atoms with van der Waals surface area (Å²) in [5, 5.41) is 0. The number of rotatable bonds is 5. The summed E-state index contributed by atoms with van der Waals surface area (Å²) in [7, 11) is 1.85. The van der Waals surface area contributed by atoms with E-state index in [-0.39, 0.29) is 0 Å². The molecule has 0 unspecified atom stereocenters. The second kappa shape index (κ2) is 5.34. The molecule has 0 aliphatic rings. The third-order valence-corrected chi connectivity index (χ3v) is 2.86. The van der Waals surface area contributed by atoms with Crippen molar-refractivity contribution in [2.75, 3.05) is 7.05 Å². The summed E-state index contributed by atoms with van der Waals surface area (Å²) in [6.07, 6.45) is 5.75. The molecule has 1 atom stereocenters. The summed E-state index contributed by atoms with van der Waals surface area (Å²) in [4.78, 5) is 4.04. The van der Waals surface area contributed by atoms with Crippen LogP contribution in [0.3, 0.4) is 0 Å². The van der Waals surface area contributed by atoms with Gasteiger partial charge in [-0.25, -0.2) is 0 Å². The predicted octanol–water partition coefficient (Wildman–Crippen LogP) is 3.54. The number of hydrogen-bond acceptors (Lipinski definition) is 1. The van der Waals surface area contributed by atoms with Crippen molar-refractivity contribution in [2.45, 2.75) is 47.0 Å². The highest BCUT2D eigenvalue weighted by Crippen LogP contribution is 2.32. The van der Waals surface area contributed by atoms with Crippen LogP contribution in [0.4, 0.5) is 0 Å². The molecule has 0 aromatic heterocycles. The van der Waals surface area contributed by atoms with Crippen molar-refractivity contribution in [3.05, 3.63) is 0 Å². The molecule has 0 rings (SSSR count). The first-order chi connectivity index (χ1) is 5.54. The molecule has 0 heterocycles. The lowest BCUT2D eigenvalue weighted by Gasteiger charge is -2.30. The Morgan fingerprint density at radius 3 is 2.42 bits per heavy atom. The van der Waals surface area contributed by atoms with E-state index in [9.17, 15) is 0 Å². The zero-order chi connectivity index (χ0) is 9.61. The molecule has 0 aromatic rings. The Hall–Kier alpha value is -0.330. The monoisotopic (exact) mass is 169 g/mol. The molecule has 0 aliphatic carbocycles. The fraction of sp³-hybridized carbons (Fsp3) is 0.909. The summed E-state index contributed by atoms with van der Waals surface area (Å²) in [5.41, 5.74) is 0.412. The molecule has 0 amide bonds. The number of hydrogen-bond donors (Lipinski definition) is 0. The summed E-state index contributed by atoms with van der Waals surface area (Å²) in [5.74, 6) is 0.792. The highest BCUT2D eigenvalue weighted by atomic mass is 14.6. The minimum Gasteiger partial charge on any atom is -0.301 e. The first kappa shape index (κ1) is 11.7. The molecule has 0 aromatic carbocycles. The fourth-order valence-electron chi connectivity index (χ4n) is 1.35. The Morgan fingerprint density at radius 1 is 1.42 bits per heavy atom. The van der Waals surface area contributed by atoms with Crippen LogP contribution in [0, 0.1) is 11.3 Å². The first-order valence-electron chi connectivity index (χ1n) is 4.95. The van der Waals surface area contributed by atoms with E-state index < -0.39 is 0 Å². The lowest BCUT2D eigenvalue weighted by atomic mass is 9.75. The quantitative estimate of drug-likeness (QED) is 0.558. The van der Waals surface area contributed by atoms with Crippen LogP contribution in [0.2, 0.25) is 0 Å². The average Bonchev–Trinajstić information content (AvgIpc) is 2.01. The molecular weight excluding hydrogens is 146 g/mol. The molecule has 0 aliphatic heterocycles. The van der Waals surface area contributed by atoms with Crippen LogP contribution in [0.15, 0.2) is 4.99 Å². The molecule has 0 bridgehead atoms. The Balaban J connectivity index is 3.98. The first-order valence-corrected chi connectivity index (χ1v) is 4.95. The molecule has 0 spiro atoms. The lowest BCUT2D eigenvalue weighted by Crippen LogP contribution is -2.21. The van der Waals surface area contributed by atoms with Crippen LogP contribution in [0.25, 0.3) is 0 Å². The van der Waals surface area contributed by atoms with Gasteiger partial charge in [-0.2, -0.15) is 0 Å². The molecule has 1 nitrogen and oxygen atoms in total. The van der Waals surface area contributed by atoms with E-state index in [2.05, 4.69) is 32.7 Å². The van der Waals surface area contributed by atoms with E-state index in [0.29, 0.717) is 5.41 Å². The van der Waals surface area contributed by atoms with Crippen molar-refractivity contribution in [3.8, 4) is 0 Å². The minimum atomic E-state index is 0.412. The van der Waals surface area contributed by atoms with Gasteiger partial charge in [0.15, 0.2) is 0 Å². The standard InChI is InChI=1S/C11H23N/c1-6-7-10(2)11(3,4)8-9-12-5/h9-10H,6-8H2,1-5H3/t10-/m0/s1. The van der Waals surface area contributed by atoms with Gasteiger partial charge >= 0.3 is 0 Å². The minimum absolute atomic E-state index is 0.412. The van der Waals surface area contributed by atoms with Gasteiger partial charge in [-0.05, 0) is 24.0 Å². The zero-order valence-electron chi connectivity index (χ0n) is 9.22. The summed E-state index contributed by atoms with van der Waals surface area (Å²) >= 11 is 0. The van der Waals surface area contributed by atoms with Crippen molar-refractivity contribution >= 4 is 6.21 Å². The molecule has 0 N–H and O–H groups in total. The Morgan fingerprint density at radius 2 is 2.00 bits per heavy atom. The molecule has 1 heteroatoms. The maximum absolute atomic E-state index is 4.04. The van der Waals surface area contributed by atoms with Gasteiger partial charge in [0.1, 0.15) is 0 Å². The smallest absolute Gasteiger partial charge is 0.0273 e. The maximum Gasteiger partial charge on any atom is 0.0273 e. The van der Waals surface area contributed by atoms with Crippen molar-refractivity contribution in [3.63, 3.8) is 0 Å². The van der Waals surface area contributed by atoms with Gasteiger partial charge < -0.3 is 4.99 Å². The summed E-state index contributed by atoms with van der Waals surface area (Å²) in [6, 6.07) is 0. The molecule has 72 valence electrons. The molecular formula is C11H23N. The second-order valence-corrected chi connectivity index (χ2v) is 4.32. The van der Waals surface area contributed by atoms with Gasteiger partial charge in [-0.15, -0.1) is 0 Å². The highest BCUT2D eigenvalue weighted by Gasteiger charge is 2.23. The van der Waals surface area contributed by atoms with Gasteiger partial charge in [-0.1, -0.05) is 40.5 Å². The largest absolute Gasteiger partial charge is 0.301 e. The summed E-state index contributed by atoms with van der Waals surface area (Å²) < 4.78 is 0. The van der Waals surface area contributed by atoms with Crippen molar-refractivity contribution in [1.82, 2.24) is 0 Å². The normalized spacial score (nSPS) is 15.4. The maximum atomic E-state index is 4.04. The van der Waals surface area contributed by atoms with E-state index in [0.717, 1.165) is 12.3 Å². The van der Waals surface area contributed by atoms with E-state index in [4.69, 9.17) is 0 Å². The van der Waals surface area contributed by atoms with E-state index in [1.165, 1.54) is 12.8 Å². The van der Waals surface area contributed by atoms with Crippen molar-refractivity contribution in [1.29, 1.82) is 0 Å². The molecule has 12 heavy (non-hydrogen) atoms. The zero-order valence-corrected chi connectivity index (χ0v) is 9.22. The Bertz CT molecular complexity index is 136. The van der Waals surface area contributed by atoms with Crippen molar-refractivity contribution < 1.29 is 0 Å². The molecule has 0 saturated carbocycles. The fourth-order valence-corrected chi connectivity index (χ4v) is 1.35. The van der Waals surface area contributed by atoms with Crippen LogP contribution in [0.5, 0.6) is 0 Å². The lowest BCUT2D eigenvalue weighted by molar-refractivity contribution is 0.228. The van der Waals surface area contributed by atoms with Crippen LogP contribution in [-0.2, 0) is 0 Å².